The Morgan fingerprint density at radius 1 is 1.25 bits per heavy atom. The Balaban J connectivity index is 2.18. The summed E-state index contributed by atoms with van der Waals surface area (Å²) in [5, 5.41) is 3.25. The summed E-state index contributed by atoms with van der Waals surface area (Å²) in [5.74, 6) is 2.71. The molecule has 0 bridgehead atoms. The van der Waals surface area contributed by atoms with E-state index in [-0.39, 0.29) is 0 Å². The molecule has 1 saturated carbocycles. The molecule has 0 heterocycles. The Hall–Kier alpha value is -0.630. The average molecular weight is 224 g/mol. The van der Waals surface area contributed by atoms with Crippen LogP contribution in [0.3, 0.4) is 0 Å². The summed E-state index contributed by atoms with van der Waals surface area (Å²) in [6.45, 7) is 2.50. The second kappa shape index (κ2) is 8.51. The van der Waals surface area contributed by atoms with Crippen LogP contribution in [0, 0.1) is 5.92 Å². The molecule has 0 amide bonds. The van der Waals surface area contributed by atoms with Crippen LogP contribution in [0.4, 0.5) is 0 Å². The zero-order chi connectivity index (χ0) is 11.6. The maximum Gasteiger partial charge on any atom is 0.123 e. The minimum Gasteiger partial charge on any atom is -0.329 e. The van der Waals surface area contributed by atoms with Gasteiger partial charge in [-0.2, -0.15) is 0 Å². The van der Waals surface area contributed by atoms with Gasteiger partial charge >= 0.3 is 0 Å². The third-order valence-corrected chi connectivity index (χ3v) is 3.35. The van der Waals surface area contributed by atoms with E-state index in [1.165, 1.54) is 32.1 Å². The number of allylic oxidation sites excluding steroid dienone is 1. The first-order valence-electron chi connectivity index (χ1n) is 6.53. The number of nitrogens with two attached hydrogens (primary N) is 1. The normalized spacial score (nSPS) is 17.1. The molecular weight excluding hydrogens is 200 g/mol. The van der Waals surface area contributed by atoms with E-state index in [2.05, 4.69) is 11.3 Å². The third-order valence-electron chi connectivity index (χ3n) is 3.35. The molecule has 0 aromatic heterocycles. The lowest BCUT2D eigenvalue weighted by atomic mass is 9.83. The highest BCUT2D eigenvalue weighted by Gasteiger charge is 2.18. The minimum atomic E-state index is 0.528. The standard InChI is InChI=1S/C13H24N2O/c14-8-10-15-9-4-7-13(11-16)12-5-2-1-3-6-12/h12,15H,1-10,14H2. The van der Waals surface area contributed by atoms with E-state index in [0.717, 1.165) is 31.5 Å². The van der Waals surface area contributed by atoms with Gasteiger partial charge in [-0.25, -0.2) is 4.79 Å². The fourth-order valence-corrected chi connectivity index (χ4v) is 2.42. The zero-order valence-corrected chi connectivity index (χ0v) is 10.1. The van der Waals surface area contributed by atoms with Gasteiger partial charge in [-0.05, 0) is 38.1 Å². The summed E-state index contributed by atoms with van der Waals surface area (Å²) >= 11 is 0. The molecule has 1 fully saturated rings. The molecule has 1 aliphatic carbocycles. The second-order valence-electron chi connectivity index (χ2n) is 4.60. The van der Waals surface area contributed by atoms with Crippen LogP contribution in [0.5, 0.6) is 0 Å². The molecule has 3 nitrogen and oxygen atoms in total. The highest BCUT2D eigenvalue weighted by atomic mass is 16.1. The van der Waals surface area contributed by atoms with E-state index in [1.54, 1.807) is 0 Å². The van der Waals surface area contributed by atoms with Gasteiger partial charge in [0.2, 0.25) is 0 Å². The Labute approximate surface area is 98.5 Å². The topological polar surface area (TPSA) is 55.1 Å². The number of rotatable bonds is 7. The molecule has 3 heteroatoms. The van der Waals surface area contributed by atoms with Crippen LogP contribution in [-0.2, 0) is 4.79 Å². The summed E-state index contributed by atoms with van der Waals surface area (Å²) in [5.41, 5.74) is 6.41. The van der Waals surface area contributed by atoms with Crippen molar-refractivity contribution in [3.05, 3.63) is 5.57 Å². The maximum absolute atomic E-state index is 10.9. The summed E-state index contributed by atoms with van der Waals surface area (Å²) in [6, 6.07) is 0. The van der Waals surface area contributed by atoms with Crippen molar-refractivity contribution in [2.75, 3.05) is 19.6 Å². The van der Waals surface area contributed by atoms with Crippen LogP contribution in [0.25, 0.3) is 0 Å². The summed E-state index contributed by atoms with van der Waals surface area (Å²) in [6.07, 6.45) is 8.22. The molecule has 16 heavy (non-hydrogen) atoms. The highest BCUT2D eigenvalue weighted by Crippen LogP contribution is 2.30. The SMILES string of the molecule is NCCNCCCC(=C=O)C1CCCCC1. The van der Waals surface area contributed by atoms with Crippen molar-refractivity contribution in [2.45, 2.75) is 44.9 Å². The molecule has 92 valence electrons. The van der Waals surface area contributed by atoms with Crippen molar-refractivity contribution in [3.63, 3.8) is 0 Å². The quantitative estimate of drug-likeness (QED) is 0.511. The summed E-state index contributed by atoms with van der Waals surface area (Å²) in [7, 11) is 0. The van der Waals surface area contributed by atoms with Gasteiger partial charge in [-0.3, -0.25) is 0 Å². The highest BCUT2D eigenvalue weighted by molar-refractivity contribution is 5.53. The minimum absolute atomic E-state index is 0.528. The molecule has 1 rings (SSSR count). The molecule has 0 aromatic rings. The van der Waals surface area contributed by atoms with Crippen LogP contribution in [0.1, 0.15) is 44.9 Å². The Bertz CT molecular complexity index is 228. The lowest BCUT2D eigenvalue weighted by Crippen LogP contribution is -2.23. The molecule has 0 atom stereocenters. The van der Waals surface area contributed by atoms with Crippen molar-refractivity contribution < 1.29 is 4.79 Å². The van der Waals surface area contributed by atoms with Crippen LogP contribution in [0.15, 0.2) is 5.57 Å². The first-order valence-corrected chi connectivity index (χ1v) is 6.53. The molecule has 0 saturated heterocycles. The van der Waals surface area contributed by atoms with Crippen LogP contribution >= 0.6 is 0 Å². The predicted molar refractivity (Wildman–Crippen MR) is 66.9 cm³/mol. The van der Waals surface area contributed by atoms with Crippen LogP contribution in [0.2, 0.25) is 0 Å². The van der Waals surface area contributed by atoms with Gasteiger partial charge in [0.15, 0.2) is 0 Å². The van der Waals surface area contributed by atoms with E-state index in [9.17, 15) is 4.79 Å². The number of nitrogens with one attached hydrogen (secondary N) is 1. The van der Waals surface area contributed by atoms with Gasteiger partial charge in [-0.1, -0.05) is 19.3 Å². The van der Waals surface area contributed by atoms with Crippen molar-refractivity contribution >= 4 is 5.94 Å². The predicted octanol–water partition coefficient (Wildman–Crippen LogP) is 1.65. The molecule has 0 radical (unpaired) electrons. The van der Waals surface area contributed by atoms with E-state index < -0.39 is 0 Å². The van der Waals surface area contributed by atoms with Gasteiger partial charge in [-0.15, -0.1) is 0 Å². The van der Waals surface area contributed by atoms with Crippen LogP contribution in [-0.4, -0.2) is 25.6 Å². The summed E-state index contributed by atoms with van der Waals surface area (Å²) < 4.78 is 0. The fourth-order valence-electron chi connectivity index (χ4n) is 2.42. The molecular formula is C13H24N2O. The average Bonchev–Trinajstić information content (AvgIpc) is 2.35. The lowest BCUT2D eigenvalue weighted by molar-refractivity contribution is 0.393. The molecule has 3 N–H and O–H groups in total. The molecule has 0 aliphatic heterocycles. The number of hydrogen-bond acceptors (Lipinski definition) is 3. The van der Waals surface area contributed by atoms with Gasteiger partial charge in [0.05, 0.1) is 0 Å². The first kappa shape index (κ1) is 13.4. The van der Waals surface area contributed by atoms with Gasteiger partial charge in [0, 0.05) is 18.7 Å². The van der Waals surface area contributed by atoms with Gasteiger partial charge in [0.25, 0.3) is 0 Å². The van der Waals surface area contributed by atoms with Crippen LogP contribution < -0.4 is 11.1 Å². The van der Waals surface area contributed by atoms with Gasteiger partial charge in [0.1, 0.15) is 5.94 Å². The van der Waals surface area contributed by atoms with E-state index in [0.29, 0.717) is 12.5 Å². The van der Waals surface area contributed by atoms with Crippen molar-refractivity contribution in [1.82, 2.24) is 5.32 Å². The number of carbonyl (C=O) groups excluding carboxylic acids is 1. The first-order chi connectivity index (χ1) is 7.88. The van der Waals surface area contributed by atoms with E-state index >= 15 is 0 Å². The Morgan fingerprint density at radius 2 is 2.00 bits per heavy atom. The van der Waals surface area contributed by atoms with E-state index in [4.69, 9.17) is 5.73 Å². The van der Waals surface area contributed by atoms with E-state index in [1.807, 2.05) is 0 Å². The van der Waals surface area contributed by atoms with Crippen molar-refractivity contribution in [1.29, 1.82) is 0 Å². The largest absolute Gasteiger partial charge is 0.329 e. The second-order valence-corrected chi connectivity index (χ2v) is 4.60. The molecule has 1 aliphatic rings. The Kier molecular flexibility index (Phi) is 7.15. The maximum atomic E-state index is 10.9. The summed E-state index contributed by atoms with van der Waals surface area (Å²) in [4.78, 5) is 10.9. The lowest BCUT2D eigenvalue weighted by Gasteiger charge is -2.22. The van der Waals surface area contributed by atoms with Crippen molar-refractivity contribution in [3.8, 4) is 0 Å². The Morgan fingerprint density at radius 3 is 2.62 bits per heavy atom. The zero-order valence-electron chi connectivity index (χ0n) is 10.1. The van der Waals surface area contributed by atoms with Crippen molar-refractivity contribution in [2.24, 2.45) is 11.7 Å². The monoisotopic (exact) mass is 224 g/mol. The smallest absolute Gasteiger partial charge is 0.123 e. The third kappa shape index (κ3) is 4.93. The fraction of sp³-hybridized carbons (Fsp3) is 0.846. The molecule has 0 spiro atoms. The number of hydrogen-bond donors (Lipinski definition) is 2. The molecule has 0 unspecified atom stereocenters. The molecule has 0 aromatic carbocycles. The van der Waals surface area contributed by atoms with Gasteiger partial charge < -0.3 is 11.1 Å².